The van der Waals surface area contributed by atoms with Gasteiger partial charge in [-0.1, -0.05) is 24.3 Å². The number of nitrogens with zero attached hydrogens (tertiary/aromatic N) is 2. The van der Waals surface area contributed by atoms with E-state index in [0.29, 0.717) is 5.69 Å². The van der Waals surface area contributed by atoms with Crippen LogP contribution < -0.4 is 21.3 Å². The minimum Gasteiger partial charge on any atom is -0.506 e. The number of rotatable bonds is 6. The molecule has 0 radical (unpaired) electrons. The van der Waals surface area contributed by atoms with Crippen molar-refractivity contribution in [3.63, 3.8) is 0 Å². The quantitative estimate of drug-likeness (QED) is 0.0378. The summed E-state index contributed by atoms with van der Waals surface area (Å²) in [6.45, 7) is 0. The first kappa shape index (κ1) is 32.0. The number of amides is 2. The number of nitro benzene ring substituents is 2. The number of phenols is 2. The molecule has 0 aliphatic carbocycles. The number of non-ortho nitro benzene ring substituents is 2. The van der Waals surface area contributed by atoms with Gasteiger partial charge in [0.1, 0.15) is 11.5 Å². The Hall–Kier alpha value is -4.55. The van der Waals surface area contributed by atoms with Crippen molar-refractivity contribution in [2.45, 2.75) is 0 Å². The summed E-state index contributed by atoms with van der Waals surface area (Å²) in [5.74, 6) is -0.623. The number of carbonyl (C=O) groups excluding carboxylic acids is 1. The Labute approximate surface area is 265 Å². The van der Waals surface area contributed by atoms with Gasteiger partial charge < -0.3 is 31.5 Å². The van der Waals surface area contributed by atoms with Gasteiger partial charge >= 0.3 is 6.03 Å². The van der Waals surface area contributed by atoms with Gasteiger partial charge in [-0.3, -0.25) is 20.2 Å². The first-order valence-electron chi connectivity index (χ1n) is 11.5. The van der Waals surface area contributed by atoms with E-state index in [1.165, 1.54) is 24.3 Å². The highest BCUT2D eigenvalue weighted by Crippen LogP contribution is 2.29. The van der Waals surface area contributed by atoms with E-state index < -0.39 is 15.9 Å². The van der Waals surface area contributed by atoms with E-state index in [1.807, 2.05) is 36.4 Å². The fourth-order valence-electron chi connectivity index (χ4n) is 3.16. The van der Waals surface area contributed by atoms with Crippen LogP contribution in [0.4, 0.5) is 38.9 Å². The summed E-state index contributed by atoms with van der Waals surface area (Å²) in [6, 6.07) is 21.2. The molecule has 13 nitrogen and oxygen atoms in total. The Morgan fingerprint density at radius 2 is 1.17 bits per heavy atom. The zero-order valence-electron chi connectivity index (χ0n) is 21.1. The minimum atomic E-state index is -0.629. The predicted octanol–water partition coefficient (Wildman–Crippen LogP) is 7.42. The van der Waals surface area contributed by atoms with Crippen molar-refractivity contribution in [2.24, 2.45) is 0 Å². The van der Waals surface area contributed by atoms with E-state index in [4.69, 9.17) is 12.2 Å². The van der Waals surface area contributed by atoms with Crippen molar-refractivity contribution in [2.75, 3.05) is 21.3 Å². The van der Waals surface area contributed by atoms with E-state index in [0.717, 1.165) is 25.9 Å². The van der Waals surface area contributed by atoms with Crippen molar-refractivity contribution >= 4 is 96.0 Å². The Bertz CT molecular complexity index is 1540. The summed E-state index contributed by atoms with van der Waals surface area (Å²) in [7, 11) is 0. The van der Waals surface area contributed by atoms with Crippen LogP contribution in [0.3, 0.4) is 0 Å². The third kappa shape index (κ3) is 9.25. The third-order valence-electron chi connectivity index (χ3n) is 5.12. The highest BCUT2D eigenvalue weighted by Gasteiger charge is 2.13. The largest absolute Gasteiger partial charge is 0.506 e. The van der Waals surface area contributed by atoms with Crippen molar-refractivity contribution in [3.05, 3.63) is 113 Å². The van der Waals surface area contributed by atoms with Crippen LogP contribution in [0.1, 0.15) is 0 Å². The van der Waals surface area contributed by atoms with Crippen molar-refractivity contribution < 1.29 is 24.9 Å². The van der Waals surface area contributed by atoms with Crippen LogP contribution >= 0.6 is 50.7 Å². The summed E-state index contributed by atoms with van der Waals surface area (Å²) >= 11 is 10.6. The number of halogens is 2. The minimum absolute atomic E-state index is 0.0871. The molecule has 4 aromatic rings. The fourth-order valence-corrected chi connectivity index (χ4v) is 4.28. The molecule has 0 unspecified atom stereocenters. The molecule has 0 aliphatic rings. The number of phenolic OH excluding ortho intramolecular Hbond substituents is 2. The van der Waals surface area contributed by atoms with Gasteiger partial charge in [0.25, 0.3) is 11.4 Å². The monoisotopic (exact) mass is 766 g/mol. The second-order valence-electron chi connectivity index (χ2n) is 8.04. The number of anilines is 4. The molecule has 4 rings (SSSR count). The number of nitro groups is 2. The van der Waals surface area contributed by atoms with Crippen LogP contribution in [-0.2, 0) is 0 Å². The van der Waals surface area contributed by atoms with Crippen molar-refractivity contribution in [3.8, 4) is 11.5 Å². The maximum atomic E-state index is 11.8. The average molecular weight is 767 g/mol. The van der Waals surface area contributed by atoms with Crippen LogP contribution in [0.2, 0.25) is 0 Å². The number of para-hydroxylation sites is 2. The fraction of sp³-hybridized carbons (Fsp3) is 0. The molecule has 2 amide bonds. The predicted molar refractivity (Wildman–Crippen MR) is 175 cm³/mol. The van der Waals surface area contributed by atoms with E-state index in [9.17, 15) is 35.2 Å². The van der Waals surface area contributed by atoms with E-state index in [-0.39, 0.29) is 39.4 Å². The number of thiocarbonyl (C=S) groups is 1. The molecule has 4 aromatic carbocycles. The summed E-state index contributed by atoms with van der Waals surface area (Å²) in [6.07, 6.45) is 0. The number of nitrogens with one attached hydrogen (secondary N) is 4. The van der Waals surface area contributed by atoms with Crippen LogP contribution in [-0.4, -0.2) is 31.2 Å². The Balaban J connectivity index is 0.000000230. The molecule has 0 fully saturated rings. The molecule has 0 aliphatic heterocycles. The average Bonchev–Trinajstić information content (AvgIpc) is 2.93. The second-order valence-corrected chi connectivity index (χ2v) is 10.5. The highest BCUT2D eigenvalue weighted by molar-refractivity contribution is 14.1. The first-order valence-corrected chi connectivity index (χ1v) is 13.8. The molecule has 42 heavy (non-hydrogen) atoms. The van der Waals surface area contributed by atoms with Gasteiger partial charge in [-0.25, -0.2) is 4.79 Å². The lowest BCUT2D eigenvalue weighted by Gasteiger charge is -2.12. The molecule has 0 aromatic heterocycles. The molecule has 0 saturated carbocycles. The molecule has 0 saturated heterocycles. The lowest BCUT2D eigenvalue weighted by Crippen LogP contribution is -2.20. The number of urea groups is 1. The van der Waals surface area contributed by atoms with E-state index in [2.05, 4.69) is 59.8 Å². The molecular weight excluding hydrogens is 747 g/mol. The zero-order chi connectivity index (χ0) is 30.8. The second kappa shape index (κ2) is 14.9. The Morgan fingerprint density at radius 3 is 1.67 bits per heavy atom. The summed E-state index contributed by atoms with van der Waals surface area (Å²) < 4.78 is 1.69. The van der Waals surface area contributed by atoms with Crippen LogP contribution in [0, 0.1) is 23.8 Å². The van der Waals surface area contributed by atoms with Gasteiger partial charge in [0, 0.05) is 20.2 Å². The highest BCUT2D eigenvalue weighted by atomic mass is 127. The normalized spacial score (nSPS) is 9.95. The molecule has 0 atom stereocenters. The van der Waals surface area contributed by atoms with Gasteiger partial charge in [-0.05, 0) is 87.1 Å². The number of hydrogen-bond donors (Lipinski definition) is 6. The summed E-state index contributed by atoms with van der Waals surface area (Å²) in [5, 5.41) is 51.6. The number of hydrogen-bond acceptors (Lipinski definition) is 8. The maximum absolute atomic E-state index is 11.8. The van der Waals surface area contributed by atoms with E-state index in [1.54, 1.807) is 12.1 Å². The van der Waals surface area contributed by atoms with Gasteiger partial charge in [0.2, 0.25) is 0 Å². The van der Waals surface area contributed by atoms with Gasteiger partial charge in [-0.15, -0.1) is 0 Å². The lowest BCUT2D eigenvalue weighted by molar-refractivity contribution is -0.385. The number of benzene rings is 4. The van der Waals surface area contributed by atoms with Gasteiger partial charge in [-0.2, -0.15) is 0 Å². The number of aromatic hydroxyl groups is 2. The smallest absolute Gasteiger partial charge is 0.323 e. The first-order chi connectivity index (χ1) is 19.9. The molecule has 216 valence electrons. The molecular formula is C26H20BrIN6O7S. The zero-order valence-corrected chi connectivity index (χ0v) is 25.6. The van der Waals surface area contributed by atoms with Crippen LogP contribution in [0.25, 0.3) is 0 Å². The summed E-state index contributed by atoms with van der Waals surface area (Å²) in [4.78, 5) is 31.8. The SMILES string of the molecule is O=C(Nc1ccc([N+](=O)[O-])cc1O)Nc1ccccc1I.O=[N+]([O-])c1ccc(NC(=S)Nc2ccccc2Br)c(O)c1. The van der Waals surface area contributed by atoms with Crippen molar-refractivity contribution in [1.82, 2.24) is 0 Å². The molecule has 6 N–H and O–H groups in total. The maximum Gasteiger partial charge on any atom is 0.323 e. The third-order valence-corrected chi connectivity index (χ3v) is 6.96. The Kier molecular flexibility index (Phi) is 11.3. The lowest BCUT2D eigenvalue weighted by atomic mass is 10.2. The van der Waals surface area contributed by atoms with Crippen LogP contribution in [0.15, 0.2) is 89.4 Å². The summed E-state index contributed by atoms with van der Waals surface area (Å²) in [5.41, 5.74) is 1.31. The molecule has 0 bridgehead atoms. The molecule has 0 heterocycles. The van der Waals surface area contributed by atoms with Gasteiger partial charge in [0.05, 0.1) is 44.7 Å². The molecule has 16 heteroatoms. The van der Waals surface area contributed by atoms with Gasteiger partial charge in [0.15, 0.2) is 5.11 Å². The Morgan fingerprint density at radius 1 is 0.714 bits per heavy atom. The van der Waals surface area contributed by atoms with E-state index >= 15 is 0 Å². The van der Waals surface area contributed by atoms with Crippen LogP contribution in [0.5, 0.6) is 11.5 Å². The number of carbonyl (C=O) groups is 1. The van der Waals surface area contributed by atoms with Crippen molar-refractivity contribution in [1.29, 1.82) is 0 Å². The standard InChI is InChI=1S/C13H10BrN3O3S.C13H10IN3O4/c14-9-3-1-2-4-10(9)15-13(21)16-11-6-5-8(17(19)20)7-12(11)18;14-9-3-1-2-4-10(9)15-13(19)16-11-6-5-8(17(20)21)7-12(11)18/h1-7,18H,(H2,15,16,21);1-7,18H,(H2,15,16,19). The topological polar surface area (TPSA) is 192 Å². The molecule has 0 spiro atoms.